The molecule has 0 fully saturated rings. The SMILES string of the molecule is CC/C=C\C/C=C\C/C=C\C/C=C\CCCCCC(=O)OC(COC(=O)CCCCCCC/C=C\C=C/CCCCCCCCC)COC(=O)CCCCCCCCC/C=C\CCCCCC. The molecule has 6 heteroatoms. The quantitative estimate of drug-likeness (QED) is 0.0199. The van der Waals surface area contributed by atoms with Crippen molar-refractivity contribution in [1.29, 1.82) is 0 Å². The van der Waals surface area contributed by atoms with E-state index in [1.807, 2.05) is 0 Å². The Morgan fingerprint density at radius 1 is 0.328 bits per heavy atom. The van der Waals surface area contributed by atoms with Crippen molar-refractivity contribution in [1.82, 2.24) is 0 Å². The van der Waals surface area contributed by atoms with Crippen LogP contribution < -0.4 is 0 Å². The van der Waals surface area contributed by atoms with Crippen molar-refractivity contribution in [2.45, 2.75) is 271 Å². The maximum atomic E-state index is 12.8. The maximum Gasteiger partial charge on any atom is 0.306 e. The largest absolute Gasteiger partial charge is 0.462 e. The topological polar surface area (TPSA) is 78.9 Å². The van der Waals surface area contributed by atoms with Gasteiger partial charge >= 0.3 is 17.9 Å². The van der Waals surface area contributed by atoms with E-state index in [2.05, 4.69) is 106 Å². The van der Waals surface area contributed by atoms with Gasteiger partial charge in [0.1, 0.15) is 13.2 Å². The molecule has 0 rings (SSSR count). The van der Waals surface area contributed by atoms with Gasteiger partial charge in [0.15, 0.2) is 6.10 Å². The fourth-order valence-corrected chi connectivity index (χ4v) is 7.65. The smallest absolute Gasteiger partial charge is 0.306 e. The minimum Gasteiger partial charge on any atom is -0.462 e. The lowest BCUT2D eigenvalue weighted by molar-refractivity contribution is -0.167. The van der Waals surface area contributed by atoms with Crippen molar-refractivity contribution in [2.24, 2.45) is 0 Å². The Hall–Kier alpha value is -3.41. The van der Waals surface area contributed by atoms with Gasteiger partial charge in [0, 0.05) is 19.3 Å². The third-order valence-corrected chi connectivity index (χ3v) is 11.9. The van der Waals surface area contributed by atoms with Gasteiger partial charge in [0.25, 0.3) is 0 Å². The minimum absolute atomic E-state index is 0.0969. The summed E-state index contributed by atoms with van der Waals surface area (Å²) in [5, 5.41) is 0. The highest BCUT2D eigenvalue weighted by Gasteiger charge is 2.19. The monoisotopic (exact) mass is 933 g/mol. The summed E-state index contributed by atoms with van der Waals surface area (Å²) in [4.78, 5) is 38.1. The van der Waals surface area contributed by atoms with Crippen LogP contribution in [0.2, 0.25) is 0 Å². The van der Waals surface area contributed by atoms with E-state index >= 15 is 0 Å². The zero-order chi connectivity index (χ0) is 48.6. The molecule has 0 saturated heterocycles. The van der Waals surface area contributed by atoms with Crippen molar-refractivity contribution in [3.63, 3.8) is 0 Å². The first-order valence-corrected chi connectivity index (χ1v) is 28.1. The van der Waals surface area contributed by atoms with Crippen LogP contribution in [0.1, 0.15) is 265 Å². The number of unbranched alkanes of at least 4 members (excludes halogenated alkanes) is 26. The molecule has 0 aromatic rings. The van der Waals surface area contributed by atoms with Gasteiger partial charge < -0.3 is 14.2 Å². The second-order valence-electron chi connectivity index (χ2n) is 18.5. The average molecular weight is 933 g/mol. The minimum atomic E-state index is -0.802. The van der Waals surface area contributed by atoms with E-state index in [1.165, 1.54) is 116 Å². The predicted octanol–water partition coefficient (Wildman–Crippen LogP) is 18.8. The summed E-state index contributed by atoms with van der Waals surface area (Å²) in [6.07, 6.45) is 71.4. The second-order valence-corrected chi connectivity index (χ2v) is 18.5. The van der Waals surface area contributed by atoms with Crippen LogP contribution in [0.3, 0.4) is 0 Å². The van der Waals surface area contributed by atoms with E-state index in [-0.39, 0.29) is 37.5 Å². The molecule has 1 atom stereocenters. The van der Waals surface area contributed by atoms with E-state index in [1.54, 1.807) is 0 Å². The molecule has 0 heterocycles. The van der Waals surface area contributed by atoms with E-state index in [9.17, 15) is 14.4 Å². The van der Waals surface area contributed by atoms with Crippen LogP contribution in [0.4, 0.5) is 0 Å². The standard InChI is InChI=1S/C61H104O6/c1-4-7-10-13-16-19-22-25-28-30-31-34-36-39-42-45-48-51-54-60(63)66-57-58(56-65-59(62)53-50-47-44-41-38-35-32-27-24-21-18-15-12-9-6-3)67-61(64)55-52-49-46-43-40-37-33-29-26-23-20-17-14-11-8-5-2/h8,11,17,20-21,24,26,28-31,34,37,40,58H,4-7,9-10,12-16,18-19,22-23,25,27,32-33,35-36,38-39,41-57H2,1-3H3/b11-8-,20-17-,24-21-,29-26-,30-28-,34-31-,40-37-. The van der Waals surface area contributed by atoms with E-state index in [0.29, 0.717) is 12.8 Å². The molecule has 384 valence electrons. The highest BCUT2D eigenvalue weighted by molar-refractivity contribution is 5.71. The Kier molecular flexibility index (Phi) is 52.4. The van der Waals surface area contributed by atoms with E-state index in [4.69, 9.17) is 14.2 Å². The molecule has 1 unspecified atom stereocenters. The average Bonchev–Trinajstić information content (AvgIpc) is 3.33. The lowest BCUT2D eigenvalue weighted by atomic mass is 10.1. The van der Waals surface area contributed by atoms with Crippen LogP contribution in [0, 0.1) is 0 Å². The summed E-state index contributed by atoms with van der Waals surface area (Å²) < 4.78 is 16.8. The number of rotatable bonds is 50. The van der Waals surface area contributed by atoms with Crippen LogP contribution in [0.15, 0.2) is 85.1 Å². The van der Waals surface area contributed by atoms with Gasteiger partial charge in [-0.3, -0.25) is 14.4 Å². The highest BCUT2D eigenvalue weighted by Crippen LogP contribution is 2.14. The lowest BCUT2D eigenvalue weighted by Gasteiger charge is -2.18. The molecule has 0 spiro atoms. The number of carbonyl (C=O) groups excluding carboxylic acids is 3. The zero-order valence-electron chi connectivity index (χ0n) is 43.9. The van der Waals surface area contributed by atoms with Crippen molar-refractivity contribution in [3.05, 3.63) is 85.1 Å². The van der Waals surface area contributed by atoms with Gasteiger partial charge in [0.05, 0.1) is 0 Å². The third-order valence-electron chi connectivity index (χ3n) is 11.9. The maximum absolute atomic E-state index is 12.8. The first-order valence-electron chi connectivity index (χ1n) is 28.1. The Bertz CT molecular complexity index is 1300. The molecule has 0 aromatic heterocycles. The number of esters is 3. The summed E-state index contributed by atoms with van der Waals surface area (Å²) in [6, 6.07) is 0. The molecule has 0 amide bonds. The van der Waals surface area contributed by atoms with Crippen molar-refractivity contribution in [3.8, 4) is 0 Å². The van der Waals surface area contributed by atoms with Crippen molar-refractivity contribution >= 4 is 17.9 Å². The molecule has 0 radical (unpaired) electrons. The van der Waals surface area contributed by atoms with Crippen molar-refractivity contribution in [2.75, 3.05) is 13.2 Å². The summed E-state index contributed by atoms with van der Waals surface area (Å²) >= 11 is 0. The zero-order valence-corrected chi connectivity index (χ0v) is 43.9. The molecular formula is C61H104O6. The molecule has 0 aliphatic carbocycles. The Morgan fingerprint density at radius 2 is 0.627 bits per heavy atom. The molecule has 0 aliphatic heterocycles. The Balaban J connectivity index is 4.47. The molecule has 0 aromatic carbocycles. The normalized spacial score (nSPS) is 12.7. The molecular weight excluding hydrogens is 829 g/mol. The second kappa shape index (κ2) is 55.2. The van der Waals surface area contributed by atoms with E-state index < -0.39 is 6.10 Å². The first-order chi connectivity index (χ1) is 33.0. The summed E-state index contributed by atoms with van der Waals surface area (Å²) in [6.45, 7) is 6.47. The molecule has 0 saturated carbocycles. The number of hydrogen-bond donors (Lipinski definition) is 0. The van der Waals surface area contributed by atoms with Crippen molar-refractivity contribution < 1.29 is 28.6 Å². The van der Waals surface area contributed by atoms with Crippen LogP contribution in [0.5, 0.6) is 0 Å². The van der Waals surface area contributed by atoms with Crippen LogP contribution in [0.25, 0.3) is 0 Å². The summed E-state index contributed by atoms with van der Waals surface area (Å²) in [5.74, 6) is -0.944. The predicted molar refractivity (Wildman–Crippen MR) is 288 cm³/mol. The number of ether oxygens (including phenoxy) is 3. The van der Waals surface area contributed by atoms with Crippen LogP contribution >= 0.6 is 0 Å². The highest BCUT2D eigenvalue weighted by atomic mass is 16.6. The molecule has 0 aliphatic rings. The number of carbonyl (C=O) groups is 3. The fourth-order valence-electron chi connectivity index (χ4n) is 7.65. The molecule has 0 bridgehead atoms. The lowest BCUT2D eigenvalue weighted by Crippen LogP contribution is -2.30. The summed E-state index contributed by atoms with van der Waals surface area (Å²) in [5.41, 5.74) is 0. The van der Waals surface area contributed by atoms with Gasteiger partial charge in [-0.1, -0.05) is 221 Å². The molecule has 0 N–H and O–H groups in total. The van der Waals surface area contributed by atoms with Crippen LogP contribution in [-0.4, -0.2) is 37.2 Å². The molecule has 67 heavy (non-hydrogen) atoms. The van der Waals surface area contributed by atoms with Gasteiger partial charge in [0.2, 0.25) is 0 Å². The fraction of sp³-hybridized carbons (Fsp3) is 0.721. The van der Waals surface area contributed by atoms with Gasteiger partial charge in [-0.05, 0) is 109 Å². The van der Waals surface area contributed by atoms with Gasteiger partial charge in [-0.15, -0.1) is 0 Å². The molecule has 6 nitrogen and oxygen atoms in total. The Labute approximate surface area is 414 Å². The number of allylic oxidation sites excluding steroid dienone is 14. The Morgan fingerprint density at radius 3 is 1.04 bits per heavy atom. The van der Waals surface area contributed by atoms with E-state index in [0.717, 1.165) is 109 Å². The number of hydrogen-bond acceptors (Lipinski definition) is 6. The van der Waals surface area contributed by atoms with Crippen LogP contribution in [-0.2, 0) is 28.6 Å². The third kappa shape index (κ3) is 53.4. The summed E-state index contributed by atoms with van der Waals surface area (Å²) in [7, 11) is 0. The first kappa shape index (κ1) is 63.6. The van der Waals surface area contributed by atoms with Gasteiger partial charge in [-0.25, -0.2) is 0 Å². The van der Waals surface area contributed by atoms with Gasteiger partial charge in [-0.2, -0.15) is 0 Å².